The zero-order chi connectivity index (χ0) is 15.6. The van der Waals surface area contributed by atoms with Crippen molar-refractivity contribution in [2.24, 2.45) is 4.99 Å². The summed E-state index contributed by atoms with van der Waals surface area (Å²) < 4.78 is 0. The van der Waals surface area contributed by atoms with E-state index in [9.17, 15) is 9.59 Å². The van der Waals surface area contributed by atoms with Crippen molar-refractivity contribution < 1.29 is 9.59 Å². The Morgan fingerprint density at radius 3 is 2.76 bits per heavy atom. The highest BCUT2D eigenvalue weighted by molar-refractivity contribution is 8.15. The lowest BCUT2D eigenvalue weighted by atomic mass is 10.2. The lowest BCUT2D eigenvalue weighted by molar-refractivity contribution is -0.128. The normalized spacial score (nSPS) is 20.8. The van der Waals surface area contributed by atoms with Gasteiger partial charge in [-0.05, 0) is 18.2 Å². The minimum Gasteiger partial charge on any atom is -0.325 e. The molecule has 1 aliphatic heterocycles. The molecule has 0 aliphatic carbocycles. The summed E-state index contributed by atoms with van der Waals surface area (Å²) in [6.45, 7) is 0. The van der Waals surface area contributed by atoms with Crippen LogP contribution in [0.15, 0.2) is 23.2 Å². The lowest BCUT2D eigenvalue weighted by Crippen LogP contribution is -2.43. The van der Waals surface area contributed by atoms with Gasteiger partial charge in [-0.15, -0.1) is 0 Å². The number of nitrogens with zero attached hydrogens (tertiary/aromatic N) is 2. The predicted octanol–water partition coefficient (Wildman–Crippen LogP) is 2.88. The van der Waals surface area contributed by atoms with Crippen LogP contribution in [-0.2, 0) is 9.59 Å². The molecule has 0 radical (unpaired) electrons. The molecule has 1 unspecified atom stereocenters. The fraction of sp³-hybridized carbons (Fsp3) is 0.308. The molecule has 1 fully saturated rings. The molecule has 0 aromatic heterocycles. The topological polar surface area (TPSA) is 61.8 Å². The number of hydrogen-bond donors (Lipinski definition) is 1. The molecular formula is C13H13Cl2N3O2S. The third-order valence-electron chi connectivity index (χ3n) is 2.94. The van der Waals surface area contributed by atoms with Crippen LogP contribution >= 0.6 is 35.0 Å². The fourth-order valence-electron chi connectivity index (χ4n) is 1.80. The first-order valence-corrected chi connectivity index (χ1v) is 7.72. The van der Waals surface area contributed by atoms with Crippen LogP contribution in [0.1, 0.15) is 6.42 Å². The molecule has 21 heavy (non-hydrogen) atoms. The summed E-state index contributed by atoms with van der Waals surface area (Å²) in [4.78, 5) is 29.5. The van der Waals surface area contributed by atoms with Crippen LogP contribution in [0.3, 0.4) is 0 Å². The first-order valence-electron chi connectivity index (χ1n) is 6.08. The zero-order valence-corrected chi connectivity index (χ0v) is 13.7. The Kier molecular flexibility index (Phi) is 5.13. The van der Waals surface area contributed by atoms with E-state index < -0.39 is 5.25 Å². The SMILES string of the molecule is CN=C1SC(C(=O)Nc2ccc(Cl)c(Cl)c2)CC(=O)N1C. The van der Waals surface area contributed by atoms with Gasteiger partial charge in [0.25, 0.3) is 0 Å². The molecule has 1 N–H and O–H groups in total. The van der Waals surface area contributed by atoms with E-state index in [0.29, 0.717) is 20.9 Å². The van der Waals surface area contributed by atoms with Gasteiger partial charge in [-0.3, -0.25) is 19.5 Å². The number of aliphatic imine (C=N–C) groups is 1. The molecule has 8 heteroatoms. The molecule has 2 rings (SSSR count). The molecule has 2 amide bonds. The average Bonchev–Trinajstić information content (AvgIpc) is 2.45. The molecule has 1 heterocycles. The number of benzene rings is 1. The Morgan fingerprint density at radius 2 is 2.14 bits per heavy atom. The third-order valence-corrected chi connectivity index (χ3v) is 5.01. The van der Waals surface area contributed by atoms with Gasteiger partial charge in [0, 0.05) is 26.2 Å². The van der Waals surface area contributed by atoms with Crippen molar-refractivity contribution >= 4 is 57.6 Å². The highest BCUT2D eigenvalue weighted by Gasteiger charge is 2.33. The molecule has 5 nitrogen and oxygen atoms in total. The summed E-state index contributed by atoms with van der Waals surface area (Å²) in [5.41, 5.74) is 0.538. The molecule has 0 spiro atoms. The zero-order valence-electron chi connectivity index (χ0n) is 11.4. The minimum absolute atomic E-state index is 0.132. The molecule has 0 bridgehead atoms. The van der Waals surface area contributed by atoms with Gasteiger partial charge in [0.05, 0.1) is 10.0 Å². The lowest BCUT2D eigenvalue weighted by Gasteiger charge is -2.28. The number of carbonyl (C=O) groups is 2. The van der Waals surface area contributed by atoms with Crippen molar-refractivity contribution in [1.29, 1.82) is 0 Å². The first kappa shape index (κ1) is 16.1. The molecule has 1 aliphatic rings. The summed E-state index contributed by atoms with van der Waals surface area (Å²) in [6, 6.07) is 4.83. The predicted molar refractivity (Wildman–Crippen MR) is 87.2 cm³/mol. The summed E-state index contributed by atoms with van der Waals surface area (Å²) in [5, 5.41) is 3.52. The second-order valence-corrected chi connectivity index (χ2v) is 6.37. The molecule has 1 aromatic carbocycles. The van der Waals surface area contributed by atoms with Crippen LogP contribution in [0.4, 0.5) is 5.69 Å². The van der Waals surface area contributed by atoms with Crippen molar-refractivity contribution in [2.75, 3.05) is 19.4 Å². The molecule has 1 atom stereocenters. The maximum atomic E-state index is 12.2. The number of thioether (sulfide) groups is 1. The number of hydrogen-bond acceptors (Lipinski definition) is 4. The Labute approximate surface area is 136 Å². The van der Waals surface area contributed by atoms with Crippen molar-refractivity contribution in [2.45, 2.75) is 11.7 Å². The van der Waals surface area contributed by atoms with E-state index in [4.69, 9.17) is 23.2 Å². The monoisotopic (exact) mass is 345 g/mol. The van der Waals surface area contributed by atoms with Crippen molar-refractivity contribution in [3.63, 3.8) is 0 Å². The van der Waals surface area contributed by atoms with Crippen molar-refractivity contribution in [1.82, 2.24) is 4.90 Å². The Balaban J connectivity index is 2.09. The summed E-state index contributed by atoms with van der Waals surface area (Å²) in [6.07, 6.45) is 0.132. The van der Waals surface area contributed by atoms with E-state index >= 15 is 0 Å². The highest BCUT2D eigenvalue weighted by atomic mass is 35.5. The van der Waals surface area contributed by atoms with E-state index in [0.717, 1.165) is 0 Å². The molecule has 0 saturated carbocycles. The smallest absolute Gasteiger partial charge is 0.238 e. The van der Waals surface area contributed by atoms with Gasteiger partial charge in [0.15, 0.2) is 5.17 Å². The summed E-state index contributed by atoms with van der Waals surface area (Å²) in [7, 11) is 3.23. The van der Waals surface area contributed by atoms with Crippen LogP contribution in [0.2, 0.25) is 10.0 Å². The number of carbonyl (C=O) groups excluding carboxylic acids is 2. The largest absolute Gasteiger partial charge is 0.325 e. The fourth-order valence-corrected chi connectivity index (χ4v) is 3.11. The highest BCUT2D eigenvalue weighted by Crippen LogP contribution is 2.28. The number of halogens is 2. The number of nitrogens with one attached hydrogen (secondary N) is 1. The standard InChI is InChI=1S/C13H13Cl2N3O2S/c1-16-13-18(2)11(19)6-10(21-13)12(20)17-7-3-4-8(14)9(15)5-7/h3-5,10H,6H2,1-2H3,(H,17,20). The molecular weight excluding hydrogens is 333 g/mol. The van der Waals surface area contributed by atoms with Crippen molar-refractivity contribution in [3.05, 3.63) is 28.2 Å². The number of rotatable bonds is 2. The second kappa shape index (κ2) is 6.68. The first-order chi connectivity index (χ1) is 9.92. The van der Waals surface area contributed by atoms with Crippen LogP contribution in [-0.4, -0.2) is 41.2 Å². The third kappa shape index (κ3) is 3.70. The Hall–Kier alpha value is -1.24. The van der Waals surface area contributed by atoms with Crippen LogP contribution in [0.5, 0.6) is 0 Å². The van der Waals surface area contributed by atoms with Crippen molar-refractivity contribution in [3.8, 4) is 0 Å². The minimum atomic E-state index is -0.512. The van der Waals surface area contributed by atoms with Gasteiger partial charge in [0.2, 0.25) is 11.8 Å². The maximum absolute atomic E-state index is 12.2. The molecule has 1 aromatic rings. The van der Waals surface area contributed by atoms with E-state index in [2.05, 4.69) is 10.3 Å². The maximum Gasteiger partial charge on any atom is 0.238 e. The number of anilines is 1. The second-order valence-electron chi connectivity index (χ2n) is 4.39. The van der Waals surface area contributed by atoms with E-state index in [-0.39, 0.29) is 18.2 Å². The number of amides is 2. The van der Waals surface area contributed by atoms with Gasteiger partial charge >= 0.3 is 0 Å². The Bertz CT molecular complexity index is 621. The quantitative estimate of drug-likeness (QED) is 0.896. The van der Waals surface area contributed by atoms with E-state index in [1.807, 2.05) is 0 Å². The van der Waals surface area contributed by atoms with Gasteiger partial charge in [-0.2, -0.15) is 0 Å². The van der Waals surface area contributed by atoms with Crippen LogP contribution in [0, 0.1) is 0 Å². The van der Waals surface area contributed by atoms with E-state index in [1.165, 1.54) is 16.7 Å². The Morgan fingerprint density at radius 1 is 1.43 bits per heavy atom. The average molecular weight is 346 g/mol. The van der Waals surface area contributed by atoms with Gasteiger partial charge in [-0.25, -0.2) is 0 Å². The number of amidine groups is 1. The van der Waals surface area contributed by atoms with E-state index in [1.54, 1.807) is 32.3 Å². The van der Waals surface area contributed by atoms with Gasteiger partial charge in [0.1, 0.15) is 5.25 Å². The molecule has 1 saturated heterocycles. The summed E-state index contributed by atoms with van der Waals surface area (Å²) >= 11 is 13.0. The van der Waals surface area contributed by atoms with Crippen LogP contribution in [0.25, 0.3) is 0 Å². The van der Waals surface area contributed by atoms with Gasteiger partial charge < -0.3 is 5.32 Å². The molecule has 112 valence electrons. The van der Waals surface area contributed by atoms with Gasteiger partial charge in [-0.1, -0.05) is 35.0 Å². The van der Waals surface area contributed by atoms with Crippen LogP contribution < -0.4 is 5.32 Å². The summed E-state index contributed by atoms with van der Waals surface area (Å²) in [5.74, 6) is -0.398.